The van der Waals surface area contributed by atoms with Crippen LogP contribution in [0.1, 0.15) is 35.8 Å². The maximum absolute atomic E-state index is 11.9. The average molecular weight is 240 g/mol. The lowest BCUT2D eigenvalue weighted by Crippen LogP contribution is -2.00. The highest BCUT2D eigenvalue weighted by Gasteiger charge is 2.06. The van der Waals surface area contributed by atoms with E-state index in [2.05, 4.69) is 5.10 Å². The van der Waals surface area contributed by atoms with E-state index in [-0.39, 0.29) is 11.8 Å². The number of hydrogen-bond acceptors (Lipinski definition) is 2. The lowest BCUT2D eigenvalue weighted by Gasteiger charge is -2.02. The highest BCUT2D eigenvalue weighted by molar-refractivity contribution is 6.06. The van der Waals surface area contributed by atoms with Crippen molar-refractivity contribution in [2.45, 2.75) is 19.9 Å². The summed E-state index contributed by atoms with van der Waals surface area (Å²) >= 11 is 0. The SMILES string of the molecule is CC(C)n1cc(C(=O)C=Cc2ccccc2)cn1. The van der Waals surface area contributed by atoms with E-state index < -0.39 is 0 Å². The number of nitrogens with zero attached hydrogens (tertiary/aromatic N) is 2. The normalized spacial score (nSPS) is 11.3. The minimum absolute atomic E-state index is 0.0225. The minimum atomic E-state index is -0.0225. The van der Waals surface area contributed by atoms with Crippen molar-refractivity contribution in [2.75, 3.05) is 0 Å². The van der Waals surface area contributed by atoms with Gasteiger partial charge in [-0.25, -0.2) is 0 Å². The van der Waals surface area contributed by atoms with Gasteiger partial charge in [-0.3, -0.25) is 9.48 Å². The highest BCUT2D eigenvalue weighted by atomic mass is 16.1. The van der Waals surface area contributed by atoms with Gasteiger partial charge in [-0.2, -0.15) is 5.10 Å². The molecule has 92 valence electrons. The van der Waals surface area contributed by atoms with Crippen molar-refractivity contribution in [1.29, 1.82) is 0 Å². The second kappa shape index (κ2) is 5.45. The van der Waals surface area contributed by atoms with Gasteiger partial charge in [0, 0.05) is 12.2 Å². The molecule has 0 amide bonds. The summed E-state index contributed by atoms with van der Waals surface area (Å²) in [6.45, 7) is 4.06. The van der Waals surface area contributed by atoms with E-state index in [1.165, 1.54) is 0 Å². The number of benzene rings is 1. The number of carbonyl (C=O) groups is 1. The first-order chi connectivity index (χ1) is 8.66. The number of ketones is 1. The molecule has 0 aliphatic carbocycles. The largest absolute Gasteiger partial charge is 0.289 e. The molecule has 18 heavy (non-hydrogen) atoms. The summed E-state index contributed by atoms with van der Waals surface area (Å²) in [4.78, 5) is 11.9. The molecule has 0 saturated heterocycles. The van der Waals surface area contributed by atoms with Crippen molar-refractivity contribution in [3.8, 4) is 0 Å². The first-order valence-corrected chi connectivity index (χ1v) is 5.98. The van der Waals surface area contributed by atoms with Gasteiger partial charge < -0.3 is 0 Å². The molecule has 2 rings (SSSR count). The van der Waals surface area contributed by atoms with Crippen LogP contribution in [0.25, 0.3) is 6.08 Å². The number of aromatic nitrogens is 2. The highest BCUT2D eigenvalue weighted by Crippen LogP contribution is 2.08. The smallest absolute Gasteiger partial charge is 0.189 e. The van der Waals surface area contributed by atoms with Gasteiger partial charge in [-0.1, -0.05) is 36.4 Å². The molecule has 1 heterocycles. The van der Waals surface area contributed by atoms with Gasteiger partial charge in [-0.15, -0.1) is 0 Å². The van der Waals surface area contributed by atoms with E-state index in [0.717, 1.165) is 5.56 Å². The maximum atomic E-state index is 11.9. The summed E-state index contributed by atoms with van der Waals surface area (Å²) in [5.74, 6) is -0.0225. The fraction of sp³-hybridized carbons (Fsp3) is 0.200. The third kappa shape index (κ3) is 2.94. The van der Waals surface area contributed by atoms with Crippen LogP contribution in [0, 0.1) is 0 Å². The molecule has 1 aromatic carbocycles. The van der Waals surface area contributed by atoms with Crippen LogP contribution in [0.2, 0.25) is 0 Å². The summed E-state index contributed by atoms with van der Waals surface area (Å²) in [6.07, 6.45) is 6.78. The molecule has 0 radical (unpaired) electrons. The van der Waals surface area contributed by atoms with Gasteiger partial charge in [0.25, 0.3) is 0 Å². The monoisotopic (exact) mass is 240 g/mol. The summed E-state index contributed by atoms with van der Waals surface area (Å²) in [7, 11) is 0. The Morgan fingerprint density at radius 2 is 2.00 bits per heavy atom. The minimum Gasteiger partial charge on any atom is -0.289 e. The zero-order valence-electron chi connectivity index (χ0n) is 10.6. The first-order valence-electron chi connectivity index (χ1n) is 5.98. The van der Waals surface area contributed by atoms with Gasteiger partial charge in [0.1, 0.15) is 0 Å². The van der Waals surface area contributed by atoms with Crippen LogP contribution in [-0.2, 0) is 0 Å². The standard InChI is InChI=1S/C15H16N2O/c1-12(2)17-11-14(10-16-17)15(18)9-8-13-6-4-3-5-7-13/h3-12H,1-2H3. The molecule has 2 aromatic rings. The lowest BCUT2D eigenvalue weighted by molar-refractivity contribution is 0.104. The van der Waals surface area contributed by atoms with Gasteiger partial charge in [0.15, 0.2) is 5.78 Å². The molecular formula is C15H16N2O. The van der Waals surface area contributed by atoms with Crippen LogP contribution in [0.5, 0.6) is 0 Å². The zero-order chi connectivity index (χ0) is 13.0. The molecule has 3 nitrogen and oxygen atoms in total. The Hall–Kier alpha value is -2.16. The van der Waals surface area contributed by atoms with Crippen LogP contribution in [0.3, 0.4) is 0 Å². The summed E-state index contributed by atoms with van der Waals surface area (Å²) in [6, 6.07) is 10.0. The van der Waals surface area contributed by atoms with Crippen molar-refractivity contribution in [3.63, 3.8) is 0 Å². The zero-order valence-corrected chi connectivity index (χ0v) is 10.6. The summed E-state index contributed by atoms with van der Waals surface area (Å²) < 4.78 is 1.78. The van der Waals surface area contributed by atoms with E-state index >= 15 is 0 Å². The Kier molecular flexibility index (Phi) is 3.72. The van der Waals surface area contributed by atoms with Crippen molar-refractivity contribution >= 4 is 11.9 Å². The second-order valence-corrected chi connectivity index (χ2v) is 4.41. The predicted molar refractivity (Wildman–Crippen MR) is 72.4 cm³/mol. The average Bonchev–Trinajstić information content (AvgIpc) is 2.87. The molecule has 0 aliphatic heterocycles. The molecule has 0 atom stereocenters. The first kappa shape index (κ1) is 12.3. The Morgan fingerprint density at radius 3 is 2.61 bits per heavy atom. The molecule has 1 aromatic heterocycles. The van der Waals surface area contributed by atoms with Crippen LogP contribution in [0.4, 0.5) is 0 Å². The van der Waals surface area contributed by atoms with Gasteiger partial charge >= 0.3 is 0 Å². The molecule has 0 fully saturated rings. The van der Waals surface area contributed by atoms with Crippen molar-refractivity contribution in [1.82, 2.24) is 9.78 Å². The summed E-state index contributed by atoms with van der Waals surface area (Å²) in [5.41, 5.74) is 1.64. The van der Waals surface area contributed by atoms with E-state index in [1.807, 2.05) is 50.3 Å². The Labute approximate surface area is 107 Å². The fourth-order valence-electron chi connectivity index (χ4n) is 1.58. The maximum Gasteiger partial charge on any atom is 0.189 e. The number of hydrogen-bond donors (Lipinski definition) is 0. The van der Waals surface area contributed by atoms with Crippen LogP contribution in [0.15, 0.2) is 48.8 Å². The third-order valence-electron chi connectivity index (χ3n) is 2.64. The second-order valence-electron chi connectivity index (χ2n) is 4.41. The van der Waals surface area contributed by atoms with E-state index in [0.29, 0.717) is 5.56 Å². The molecule has 0 spiro atoms. The van der Waals surface area contributed by atoms with Gasteiger partial charge in [0.05, 0.1) is 11.8 Å². The number of allylic oxidation sites excluding steroid dienone is 1. The topological polar surface area (TPSA) is 34.9 Å². The summed E-state index contributed by atoms with van der Waals surface area (Å²) in [5, 5.41) is 4.15. The van der Waals surface area contributed by atoms with Crippen LogP contribution < -0.4 is 0 Å². The molecule has 0 N–H and O–H groups in total. The molecule has 0 bridgehead atoms. The molecule has 0 aliphatic rings. The molecular weight excluding hydrogens is 224 g/mol. The van der Waals surface area contributed by atoms with Crippen LogP contribution in [-0.4, -0.2) is 15.6 Å². The number of carbonyl (C=O) groups excluding carboxylic acids is 1. The number of rotatable bonds is 4. The van der Waals surface area contributed by atoms with Crippen molar-refractivity contribution in [2.24, 2.45) is 0 Å². The Morgan fingerprint density at radius 1 is 1.28 bits per heavy atom. The fourth-order valence-corrected chi connectivity index (χ4v) is 1.58. The van der Waals surface area contributed by atoms with Gasteiger partial charge in [0.2, 0.25) is 0 Å². The Balaban J connectivity index is 2.10. The van der Waals surface area contributed by atoms with Crippen LogP contribution >= 0.6 is 0 Å². The van der Waals surface area contributed by atoms with Crippen molar-refractivity contribution in [3.05, 3.63) is 59.9 Å². The van der Waals surface area contributed by atoms with E-state index in [4.69, 9.17) is 0 Å². The Bertz CT molecular complexity index is 553. The lowest BCUT2D eigenvalue weighted by atomic mass is 10.1. The van der Waals surface area contributed by atoms with Crippen molar-refractivity contribution < 1.29 is 4.79 Å². The predicted octanol–water partition coefficient (Wildman–Crippen LogP) is 3.36. The quantitative estimate of drug-likeness (QED) is 0.606. The molecule has 0 saturated carbocycles. The van der Waals surface area contributed by atoms with Gasteiger partial charge in [-0.05, 0) is 25.5 Å². The third-order valence-corrected chi connectivity index (χ3v) is 2.64. The van der Waals surface area contributed by atoms with E-state index in [1.54, 1.807) is 23.2 Å². The molecule has 3 heteroatoms. The molecule has 0 unspecified atom stereocenters. The van der Waals surface area contributed by atoms with E-state index in [9.17, 15) is 4.79 Å².